The number of benzene rings is 1. The maximum Gasteiger partial charge on any atom is 0.276 e. The zero-order valence-electron chi connectivity index (χ0n) is 15.3. The molecule has 8 nitrogen and oxygen atoms in total. The first kappa shape index (κ1) is 17.9. The average Bonchev–Trinajstić information content (AvgIpc) is 3.30. The molecule has 138 valence electrons. The van der Waals surface area contributed by atoms with Crippen molar-refractivity contribution in [1.82, 2.24) is 24.8 Å². The second kappa shape index (κ2) is 7.55. The summed E-state index contributed by atoms with van der Waals surface area (Å²) in [6.45, 7) is 0.744. The molecule has 0 N–H and O–H groups in total. The van der Waals surface area contributed by atoms with Gasteiger partial charge >= 0.3 is 0 Å². The number of hydrogen-bond acceptors (Lipinski definition) is 5. The topological polar surface area (TPSA) is 80.6 Å². The molecule has 2 heterocycles. The summed E-state index contributed by atoms with van der Waals surface area (Å²) in [7, 11) is 4.98. The van der Waals surface area contributed by atoms with E-state index in [1.807, 2.05) is 29.2 Å². The van der Waals surface area contributed by atoms with Gasteiger partial charge in [-0.2, -0.15) is 0 Å². The largest absolute Gasteiger partial charge is 0.497 e. The summed E-state index contributed by atoms with van der Waals surface area (Å²) in [6.07, 6.45) is 3.38. The third-order valence-corrected chi connectivity index (χ3v) is 4.57. The van der Waals surface area contributed by atoms with Crippen LogP contribution in [0.2, 0.25) is 0 Å². The Balaban J connectivity index is 1.74. The van der Waals surface area contributed by atoms with Crippen molar-refractivity contribution in [3.8, 4) is 5.75 Å². The number of likely N-dealkylation sites (N-methyl/N-ethyl adjacent to an activating group) is 1. The highest BCUT2D eigenvalue weighted by molar-refractivity contribution is 5.92. The summed E-state index contributed by atoms with van der Waals surface area (Å²) in [5.74, 6) is 0.524. The van der Waals surface area contributed by atoms with Crippen molar-refractivity contribution in [3.05, 3.63) is 41.7 Å². The number of amides is 2. The minimum absolute atomic E-state index is 0.0157. The fraction of sp³-hybridized carbons (Fsp3) is 0.444. The molecule has 0 aliphatic carbocycles. The van der Waals surface area contributed by atoms with Crippen molar-refractivity contribution in [3.63, 3.8) is 0 Å². The Morgan fingerprint density at radius 1 is 1.27 bits per heavy atom. The van der Waals surface area contributed by atoms with Crippen LogP contribution in [-0.2, 0) is 11.3 Å². The Morgan fingerprint density at radius 3 is 2.65 bits per heavy atom. The van der Waals surface area contributed by atoms with Gasteiger partial charge in [-0.1, -0.05) is 17.3 Å². The fourth-order valence-electron chi connectivity index (χ4n) is 3.08. The summed E-state index contributed by atoms with van der Waals surface area (Å²) >= 11 is 0. The normalized spacial score (nSPS) is 16.6. The van der Waals surface area contributed by atoms with Gasteiger partial charge < -0.3 is 14.5 Å². The van der Waals surface area contributed by atoms with Crippen LogP contribution in [-0.4, -0.2) is 64.4 Å². The van der Waals surface area contributed by atoms with Gasteiger partial charge in [-0.25, -0.2) is 4.68 Å². The number of methoxy groups -OCH3 is 1. The molecule has 1 aliphatic heterocycles. The number of rotatable bonds is 5. The van der Waals surface area contributed by atoms with E-state index in [0.29, 0.717) is 6.54 Å². The van der Waals surface area contributed by atoms with E-state index in [0.717, 1.165) is 24.2 Å². The number of ether oxygens (including phenoxy) is 1. The van der Waals surface area contributed by atoms with Crippen LogP contribution < -0.4 is 4.74 Å². The maximum atomic E-state index is 12.9. The standard InChI is InChI=1S/C18H23N5O3/c1-21(2)17(24)12-22-11-15(19-20-22)18(25)23-10-4-5-16(23)13-6-8-14(26-3)9-7-13/h6-9,11,16H,4-5,10,12H2,1-3H3/t16-/m0/s1. The van der Waals surface area contributed by atoms with E-state index in [1.165, 1.54) is 15.8 Å². The van der Waals surface area contributed by atoms with E-state index in [4.69, 9.17) is 4.74 Å². The highest BCUT2D eigenvalue weighted by Gasteiger charge is 2.32. The number of aromatic nitrogens is 3. The minimum atomic E-state index is -0.160. The second-order valence-corrected chi connectivity index (χ2v) is 6.52. The predicted molar refractivity (Wildman–Crippen MR) is 94.7 cm³/mol. The van der Waals surface area contributed by atoms with Crippen molar-refractivity contribution < 1.29 is 14.3 Å². The maximum absolute atomic E-state index is 12.9. The first-order valence-electron chi connectivity index (χ1n) is 8.55. The molecule has 3 rings (SSSR count). The first-order chi connectivity index (χ1) is 12.5. The Kier molecular flexibility index (Phi) is 5.20. The summed E-state index contributed by atoms with van der Waals surface area (Å²) in [5, 5.41) is 7.87. The molecule has 2 aromatic rings. The molecule has 26 heavy (non-hydrogen) atoms. The van der Waals surface area contributed by atoms with Gasteiger partial charge in [-0.3, -0.25) is 9.59 Å². The lowest BCUT2D eigenvalue weighted by Gasteiger charge is -2.24. The molecule has 1 aromatic carbocycles. The van der Waals surface area contributed by atoms with Crippen LogP contribution in [0, 0.1) is 0 Å². The molecule has 0 radical (unpaired) electrons. The molecular weight excluding hydrogens is 334 g/mol. The van der Waals surface area contributed by atoms with Crippen molar-refractivity contribution in [2.24, 2.45) is 0 Å². The molecule has 0 unspecified atom stereocenters. The number of hydrogen-bond donors (Lipinski definition) is 0. The monoisotopic (exact) mass is 357 g/mol. The van der Waals surface area contributed by atoms with Crippen LogP contribution in [0.3, 0.4) is 0 Å². The number of carbonyl (C=O) groups excluding carboxylic acids is 2. The number of nitrogens with zero attached hydrogens (tertiary/aromatic N) is 5. The van der Waals surface area contributed by atoms with Gasteiger partial charge in [0.05, 0.1) is 19.3 Å². The van der Waals surface area contributed by atoms with Crippen molar-refractivity contribution in [2.45, 2.75) is 25.4 Å². The van der Waals surface area contributed by atoms with E-state index in [-0.39, 0.29) is 30.1 Å². The second-order valence-electron chi connectivity index (χ2n) is 6.52. The number of likely N-dealkylation sites (tertiary alicyclic amines) is 1. The Bertz CT molecular complexity index is 784. The van der Waals surface area contributed by atoms with Crippen molar-refractivity contribution in [1.29, 1.82) is 0 Å². The molecule has 0 bridgehead atoms. The molecule has 2 amide bonds. The zero-order valence-corrected chi connectivity index (χ0v) is 15.3. The van der Waals surface area contributed by atoms with E-state index in [9.17, 15) is 9.59 Å². The third-order valence-electron chi connectivity index (χ3n) is 4.57. The lowest BCUT2D eigenvalue weighted by atomic mass is 10.0. The van der Waals surface area contributed by atoms with Gasteiger partial charge in [0.15, 0.2) is 5.69 Å². The highest BCUT2D eigenvalue weighted by atomic mass is 16.5. The smallest absolute Gasteiger partial charge is 0.276 e. The Morgan fingerprint density at radius 2 is 2.00 bits per heavy atom. The molecule has 1 aliphatic rings. The zero-order chi connectivity index (χ0) is 18.7. The van der Waals surface area contributed by atoms with E-state index in [1.54, 1.807) is 21.2 Å². The van der Waals surface area contributed by atoms with Crippen LogP contribution in [0.15, 0.2) is 30.5 Å². The van der Waals surface area contributed by atoms with Gasteiger partial charge in [-0.15, -0.1) is 5.10 Å². The van der Waals surface area contributed by atoms with Gasteiger partial charge in [0, 0.05) is 20.6 Å². The molecule has 8 heteroatoms. The third kappa shape index (κ3) is 3.68. The highest BCUT2D eigenvalue weighted by Crippen LogP contribution is 2.33. The lowest BCUT2D eigenvalue weighted by Crippen LogP contribution is -2.31. The number of carbonyl (C=O) groups is 2. The average molecular weight is 357 g/mol. The van der Waals surface area contributed by atoms with E-state index < -0.39 is 0 Å². The molecule has 0 saturated carbocycles. The summed E-state index contributed by atoms with van der Waals surface area (Å²) in [6, 6.07) is 7.80. The van der Waals surface area contributed by atoms with Crippen molar-refractivity contribution in [2.75, 3.05) is 27.7 Å². The van der Waals surface area contributed by atoms with E-state index in [2.05, 4.69) is 10.3 Å². The Labute approximate surface area is 152 Å². The quantitative estimate of drug-likeness (QED) is 0.807. The lowest BCUT2D eigenvalue weighted by molar-refractivity contribution is -0.129. The SMILES string of the molecule is COc1ccc([C@@H]2CCCN2C(=O)c2cn(CC(=O)N(C)C)nn2)cc1. The van der Waals surface area contributed by atoms with Crippen LogP contribution in [0.5, 0.6) is 5.75 Å². The van der Waals surface area contributed by atoms with Crippen LogP contribution >= 0.6 is 0 Å². The van der Waals surface area contributed by atoms with Crippen molar-refractivity contribution >= 4 is 11.8 Å². The van der Waals surface area contributed by atoms with E-state index >= 15 is 0 Å². The molecule has 1 atom stereocenters. The Hall–Kier alpha value is -2.90. The predicted octanol–water partition coefficient (Wildman–Crippen LogP) is 1.35. The molecule has 0 spiro atoms. The van der Waals surface area contributed by atoms with Gasteiger partial charge in [0.2, 0.25) is 5.91 Å². The molecule has 1 saturated heterocycles. The van der Waals surface area contributed by atoms with Crippen LogP contribution in [0.25, 0.3) is 0 Å². The summed E-state index contributed by atoms with van der Waals surface area (Å²) < 4.78 is 6.59. The molecule has 1 fully saturated rings. The minimum Gasteiger partial charge on any atom is -0.497 e. The van der Waals surface area contributed by atoms with Crippen LogP contribution in [0.1, 0.15) is 34.9 Å². The van der Waals surface area contributed by atoms with Gasteiger partial charge in [-0.05, 0) is 30.5 Å². The fourth-order valence-corrected chi connectivity index (χ4v) is 3.08. The van der Waals surface area contributed by atoms with Gasteiger partial charge in [0.25, 0.3) is 5.91 Å². The first-order valence-corrected chi connectivity index (χ1v) is 8.55. The molecular formula is C18H23N5O3. The summed E-state index contributed by atoms with van der Waals surface area (Å²) in [4.78, 5) is 27.9. The van der Waals surface area contributed by atoms with Crippen LogP contribution in [0.4, 0.5) is 0 Å². The molecule has 1 aromatic heterocycles. The van der Waals surface area contributed by atoms with Gasteiger partial charge in [0.1, 0.15) is 12.3 Å². The summed E-state index contributed by atoms with van der Waals surface area (Å²) in [5.41, 5.74) is 1.34.